The Kier molecular flexibility index (Phi) is 6.64. The average molecular weight is 423 g/mol. The number of aromatic nitrogens is 1. The van der Waals surface area contributed by atoms with Crippen LogP contribution >= 0.6 is 0 Å². The summed E-state index contributed by atoms with van der Waals surface area (Å²) in [6.45, 7) is 3.84. The summed E-state index contributed by atoms with van der Waals surface area (Å²) < 4.78 is 32.7. The van der Waals surface area contributed by atoms with E-state index in [1.54, 1.807) is 56.4 Å². The first kappa shape index (κ1) is 21.3. The predicted octanol–water partition coefficient (Wildman–Crippen LogP) is 3.80. The second-order valence-corrected chi connectivity index (χ2v) is 8.40. The van der Waals surface area contributed by atoms with Gasteiger partial charge in [-0.15, -0.1) is 0 Å². The molecule has 1 amide bonds. The van der Waals surface area contributed by atoms with Gasteiger partial charge in [0.1, 0.15) is 12.4 Å². The molecule has 0 aliphatic rings. The van der Waals surface area contributed by atoms with E-state index in [1.807, 2.05) is 24.3 Å². The number of carbonyl (C=O) groups excluding carboxylic acids is 1. The van der Waals surface area contributed by atoms with E-state index in [1.165, 1.54) is 12.2 Å². The molecular formula is C23H22N2O4S. The largest absolute Gasteiger partial charge is 0.487 e. The summed E-state index contributed by atoms with van der Waals surface area (Å²) in [6, 6.07) is 17.8. The highest BCUT2D eigenvalue weighted by molar-refractivity contribution is 7.90. The summed E-state index contributed by atoms with van der Waals surface area (Å²) in [4.78, 5) is 16.4. The molecule has 0 atom stereocenters. The van der Waals surface area contributed by atoms with Crippen LogP contribution in [0.25, 0.3) is 6.08 Å². The molecule has 0 saturated carbocycles. The molecule has 0 fully saturated rings. The molecule has 0 saturated heterocycles. The lowest BCUT2D eigenvalue weighted by atomic mass is 10.2. The number of sulfonamides is 1. The van der Waals surface area contributed by atoms with Crippen LogP contribution in [0.5, 0.6) is 5.75 Å². The maximum Gasteiger partial charge on any atom is 0.264 e. The Hall–Kier alpha value is -3.45. The van der Waals surface area contributed by atoms with E-state index in [-0.39, 0.29) is 4.90 Å². The Bertz CT molecular complexity index is 1160. The zero-order valence-electron chi connectivity index (χ0n) is 16.7. The van der Waals surface area contributed by atoms with Gasteiger partial charge in [0.2, 0.25) is 0 Å². The molecule has 3 rings (SSSR count). The van der Waals surface area contributed by atoms with E-state index in [4.69, 9.17) is 4.74 Å². The number of benzene rings is 2. The number of amides is 1. The SMILES string of the molecule is Cc1ccc(C)c(S(=O)(=O)NC(=O)/C=C/c2ccc(OCc3ccccn3)cc2)c1. The van der Waals surface area contributed by atoms with Crippen molar-refractivity contribution < 1.29 is 17.9 Å². The number of nitrogens with one attached hydrogen (secondary N) is 1. The second kappa shape index (κ2) is 9.37. The van der Waals surface area contributed by atoms with Gasteiger partial charge in [0.05, 0.1) is 10.6 Å². The van der Waals surface area contributed by atoms with E-state index in [0.717, 1.165) is 16.8 Å². The lowest BCUT2D eigenvalue weighted by molar-refractivity contribution is -0.114. The first-order valence-electron chi connectivity index (χ1n) is 9.28. The third kappa shape index (κ3) is 5.78. The van der Waals surface area contributed by atoms with Crippen molar-refractivity contribution in [2.24, 2.45) is 0 Å². The number of hydrogen-bond acceptors (Lipinski definition) is 5. The minimum absolute atomic E-state index is 0.0960. The van der Waals surface area contributed by atoms with Crippen molar-refractivity contribution in [3.8, 4) is 5.75 Å². The molecule has 1 aromatic heterocycles. The average Bonchev–Trinajstić information content (AvgIpc) is 2.73. The van der Waals surface area contributed by atoms with Gasteiger partial charge in [-0.05, 0) is 66.9 Å². The number of rotatable bonds is 7. The van der Waals surface area contributed by atoms with Crippen LogP contribution in [0.3, 0.4) is 0 Å². The molecule has 6 nitrogen and oxygen atoms in total. The molecule has 0 spiro atoms. The Morgan fingerprint density at radius 3 is 2.53 bits per heavy atom. The molecule has 0 aliphatic heterocycles. The fraction of sp³-hybridized carbons (Fsp3) is 0.130. The van der Waals surface area contributed by atoms with Gasteiger partial charge in [-0.3, -0.25) is 9.78 Å². The molecule has 30 heavy (non-hydrogen) atoms. The van der Waals surface area contributed by atoms with Crippen LogP contribution in [-0.4, -0.2) is 19.3 Å². The Morgan fingerprint density at radius 2 is 1.83 bits per heavy atom. The van der Waals surface area contributed by atoms with Crippen molar-refractivity contribution in [1.29, 1.82) is 0 Å². The quantitative estimate of drug-likeness (QED) is 0.586. The lowest BCUT2D eigenvalue weighted by Crippen LogP contribution is -2.29. The highest BCUT2D eigenvalue weighted by Gasteiger charge is 2.18. The summed E-state index contributed by atoms with van der Waals surface area (Å²) in [5, 5.41) is 0. The van der Waals surface area contributed by atoms with Crippen molar-refractivity contribution in [3.05, 3.63) is 95.3 Å². The van der Waals surface area contributed by atoms with Gasteiger partial charge in [0.25, 0.3) is 15.9 Å². The van der Waals surface area contributed by atoms with E-state index in [2.05, 4.69) is 9.71 Å². The first-order valence-corrected chi connectivity index (χ1v) is 10.8. The second-order valence-electron chi connectivity index (χ2n) is 6.75. The third-order valence-electron chi connectivity index (χ3n) is 4.29. The van der Waals surface area contributed by atoms with Crippen molar-refractivity contribution >= 4 is 22.0 Å². The Labute approximate surface area is 176 Å². The van der Waals surface area contributed by atoms with Crippen LogP contribution in [0.15, 0.2) is 77.8 Å². The summed E-state index contributed by atoms with van der Waals surface area (Å²) in [5.41, 5.74) is 2.93. The lowest BCUT2D eigenvalue weighted by Gasteiger charge is -2.09. The molecule has 0 aliphatic carbocycles. The molecule has 0 unspecified atom stereocenters. The standard InChI is InChI=1S/C23H22N2O4S/c1-17-6-7-18(2)22(15-17)30(27,28)25-23(26)13-10-19-8-11-21(12-9-19)29-16-20-5-3-4-14-24-20/h3-15H,16H2,1-2H3,(H,25,26)/b13-10+. The van der Waals surface area contributed by atoms with Crippen molar-refractivity contribution in [3.63, 3.8) is 0 Å². The number of pyridine rings is 1. The van der Waals surface area contributed by atoms with Crippen LogP contribution in [-0.2, 0) is 21.4 Å². The van der Waals surface area contributed by atoms with Gasteiger partial charge in [-0.2, -0.15) is 0 Å². The fourth-order valence-electron chi connectivity index (χ4n) is 2.71. The zero-order chi connectivity index (χ0) is 21.6. The molecule has 3 aromatic rings. The first-order chi connectivity index (χ1) is 14.3. The predicted molar refractivity (Wildman–Crippen MR) is 115 cm³/mol. The molecule has 154 valence electrons. The van der Waals surface area contributed by atoms with Crippen LogP contribution in [0.2, 0.25) is 0 Å². The highest BCUT2D eigenvalue weighted by Crippen LogP contribution is 2.17. The molecular weight excluding hydrogens is 400 g/mol. The van der Waals surface area contributed by atoms with Gasteiger partial charge < -0.3 is 4.74 Å². The third-order valence-corrected chi connectivity index (χ3v) is 5.78. The van der Waals surface area contributed by atoms with Crippen molar-refractivity contribution in [1.82, 2.24) is 9.71 Å². The normalized spacial score (nSPS) is 11.4. The monoisotopic (exact) mass is 422 g/mol. The molecule has 2 aromatic carbocycles. The highest BCUT2D eigenvalue weighted by atomic mass is 32.2. The van der Waals surface area contributed by atoms with E-state index in [0.29, 0.717) is 17.9 Å². The number of carbonyl (C=O) groups is 1. The fourth-order valence-corrected chi connectivity index (χ4v) is 3.98. The Balaban J connectivity index is 1.60. The maximum absolute atomic E-state index is 12.5. The number of aryl methyl sites for hydroxylation is 2. The van der Waals surface area contributed by atoms with E-state index < -0.39 is 15.9 Å². The van der Waals surface area contributed by atoms with E-state index in [9.17, 15) is 13.2 Å². The van der Waals surface area contributed by atoms with Crippen LogP contribution in [0.4, 0.5) is 0 Å². The van der Waals surface area contributed by atoms with Crippen LogP contribution < -0.4 is 9.46 Å². The smallest absolute Gasteiger partial charge is 0.264 e. The summed E-state index contributed by atoms with van der Waals surface area (Å²) >= 11 is 0. The van der Waals surface area contributed by atoms with Gasteiger partial charge in [-0.25, -0.2) is 13.1 Å². The summed E-state index contributed by atoms with van der Waals surface area (Å²) in [5.74, 6) is -0.0499. The molecule has 0 bridgehead atoms. The minimum Gasteiger partial charge on any atom is -0.487 e. The maximum atomic E-state index is 12.5. The number of hydrogen-bond donors (Lipinski definition) is 1. The number of ether oxygens (including phenoxy) is 1. The van der Waals surface area contributed by atoms with Crippen molar-refractivity contribution in [2.75, 3.05) is 0 Å². The van der Waals surface area contributed by atoms with Gasteiger partial charge in [-0.1, -0.05) is 30.3 Å². The topological polar surface area (TPSA) is 85.4 Å². The molecule has 1 N–H and O–H groups in total. The van der Waals surface area contributed by atoms with Gasteiger partial charge in [0, 0.05) is 12.3 Å². The van der Waals surface area contributed by atoms with Gasteiger partial charge >= 0.3 is 0 Å². The van der Waals surface area contributed by atoms with Crippen LogP contribution in [0.1, 0.15) is 22.4 Å². The zero-order valence-corrected chi connectivity index (χ0v) is 17.5. The van der Waals surface area contributed by atoms with E-state index >= 15 is 0 Å². The summed E-state index contributed by atoms with van der Waals surface area (Å²) in [6.07, 6.45) is 4.43. The molecule has 1 heterocycles. The molecule has 0 radical (unpaired) electrons. The van der Waals surface area contributed by atoms with Gasteiger partial charge in [0.15, 0.2) is 0 Å². The Morgan fingerprint density at radius 1 is 1.07 bits per heavy atom. The van der Waals surface area contributed by atoms with Crippen LogP contribution in [0, 0.1) is 13.8 Å². The minimum atomic E-state index is -3.93. The number of nitrogens with zero attached hydrogens (tertiary/aromatic N) is 1. The molecule has 7 heteroatoms. The van der Waals surface area contributed by atoms with Crippen molar-refractivity contribution in [2.45, 2.75) is 25.3 Å². The summed E-state index contributed by atoms with van der Waals surface area (Å²) in [7, 11) is -3.93.